The van der Waals surface area contributed by atoms with Gasteiger partial charge in [-0.2, -0.15) is 0 Å². The lowest BCUT2D eigenvalue weighted by atomic mass is 9.95. The molecular weight excluding hydrogens is 707 g/mol. The van der Waals surface area contributed by atoms with Crippen LogP contribution in [0.25, 0.3) is 110 Å². The summed E-state index contributed by atoms with van der Waals surface area (Å²) in [5.74, 6) is 1.64. The molecule has 0 saturated heterocycles. The smallest absolute Gasteiger partial charge is 0.167 e. The van der Waals surface area contributed by atoms with Crippen LogP contribution in [0.1, 0.15) is 0 Å². The van der Waals surface area contributed by atoms with Gasteiger partial charge in [-0.25, -0.2) is 24.9 Å². The van der Waals surface area contributed by atoms with E-state index in [1.807, 2.05) is 66.7 Å². The molecular formula is C49H29N5OS. The van der Waals surface area contributed by atoms with Gasteiger partial charge in [0.25, 0.3) is 0 Å². The van der Waals surface area contributed by atoms with Crippen LogP contribution in [-0.4, -0.2) is 24.9 Å². The van der Waals surface area contributed by atoms with E-state index in [9.17, 15) is 0 Å². The van der Waals surface area contributed by atoms with Gasteiger partial charge in [-0.3, -0.25) is 0 Å². The molecule has 7 aromatic carbocycles. The van der Waals surface area contributed by atoms with Crippen LogP contribution in [0.4, 0.5) is 0 Å². The normalized spacial score (nSPS) is 11.6. The first-order valence-electron chi connectivity index (χ1n) is 18.4. The molecule has 262 valence electrons. The third-order valence-corrected chi connectivity index (χ3v) is 11.5. The van der Waals surface area contributed by atoms with Crippen LogP contribution in [0.15, 0.2) is 181 Å². The fourth-order valence-corrected chi connectivity index (χ4v) is 8.78. The lowest BCUT2D eigenvalue weighted by molar-refractivity contribution is 0.669. The number of hydrogen-bond acceptors (Lipinski definition) is 7. The van der Waals surface area contributed by atoms with E-state index in [0.29, 0.717) is 17.5 Å². The first-order valence-corrected chi connectivity index (χ1v) is 19.2. The number of thiophene rings is 1. The molecule has 11 aromatic rings. The summed E-state index contributed by atoms with van der Waals surface area (Å²) in [5, 5.41) is 4.30. The van der Waals surface area contributed by atoms with Gasteiger partial charge in [0, 0.05) is 53.8 Å². The fraction of sp³-hybridized carbons (Fsp3) is 0. The van der Waals surface area contributed by atoms with Gasteiger partial charge >= 0.3 is 0 Å². The van der Waals surface area contributed by atoms with E-state index in [1.165, 1.54) is 10.3 Å². The maximum absolute atomic E-state index is 6.64. The highest BCUT2D eigenvalue weighted by molar-refractivity contribution is 7.26. The van der Waals surface area contributed by atoms with Gasteiger partial charge in [0.2, 0.25) is 0 Å². The van der Waals surface area contributed by atoms with E-state index in [2.05, 4.69) is 102 Å². The summed E-state index contributed by atoms with van der Waals surface area (Å²) in [7, 11) is 0. The monoisotopic (exact) mass is 735 g/mol. The van der Waals surface area contributed by atoms with Crippen LogP contribution in [-0.2, 0) is 0 Å². The molecule has 7 heteroatoms. The maximum atomic E-state index is 6.64. The van der Waals surface area contributed by atoms with Crippen molar-refractivity contribution in [3.05, 3.63) is 176 Å². The molecule has 0 atom stereocenters. The molecule has 0 aliphatic rings. The second-order valence-electron chi connectivity index (χ2n) is 13.7. The molecule has 0 amide bonds. The first kappa shape index (κ1) is 32.1. The van der Waals surface area contributed by atoms with Crippen LogP contribution in [0.2, 0.25) is 0 Å². The van der Waals surface area contributed by atoms with Gasteiger partial charge in [0.15, 0.2) is 17.5 Å². The number of benzene rings is 7. The molecule has 0 radical (unpaired) electrons. The minimum atomic E-state index is 0.525. The predicted molar refractivity (Wildman–Crippen MR) is 228 cm³/mol. The molecule has 4 aromatic heterocycles. The lowest BCUT2D eigenvalue weighted by Gasteiger charge is -2.13. The Labute approximate surface area is 325 Å². The van der Waals surface area contributed by atoms with Crippen molar-refractivity contribution in [1.82, 2.24) is 24.9 Å². The Hall–Kier alpha value is -7.35. The highest BCUT2D eigenvalue weighted by Crippen LogP contribution is 2.45. The molecule has 0 saturated carbocycles. The van der Waals surface area contributed by atoms with E-state index in [4.69, 9.17) is 24.4 Å². The third kappa shape index (κ3) is 5.44. The van der Waals surface area contributed by atoms with E-state index in [-0.39, 0.29) is 0 Å². The summed E-state index contributed by atoms with van der Waals surface area (Å²) in [4.78, 5) is 24.7. The average Bonchev–Trinajstić information content (AvgIpc) is 3.85. The number of furan rings is 1. The minimum Gasteiger partial charge on any atom is -0.455 e. The van der Waals surface area contributed by atoms with E-state index in [1.54, 1.807) is 23.9 Å². The fourth-order valence-electron chi connectivity index (χ4n) is 7.69. The van der Waals surface area contributed by atoms with Gasteiger partial charge < -0.3 is 4.42 Å². The van der Waals surface area contributed by atoms with Crippen LogP contribution >= 0.6 is 11.3 Å². The lowest BCUT2D eigenvalue weighted by Crippen LogP contribution is -2.01. The molecule has 0 fully saturated rings. The number of aromatic nitrogens is 5. The minimum absolute atomic E-state index is 0.525. The van der Waals surface area contributed by atoms with Crippen LogP contribution < -0.4 is 0 Å². The van der Waals surface area contributed by atoms with Crippen molar-refractivity contribution in [1.29, 1.82) is 0 Å². The van der Waals surface area contributed by atoms with Crippen LogP contribution in [0.5, 0.6) is 0 Å². The molecule has 0 unspecified atom stereocenters. The Bertz CT molecular complexity index is 3240. The molecule has 0 spiro atoms. The molecule has 11 rings (SSSR count). The average molecular weight is 736 g/mol. The zero-order chi connectivity index (χ0) is 37.0. The van der Waals surface area contributed by atoms with Gasteiger partial charge in [-0.1, -0.05) is 115 Å². The number of fused-ring (bicyclic) bond motifs is 6. The summed E-state index contributed by atoms with van der Waals surface area (Å²) in [6.07, 6.45) is 3.39. The second kappa shape index (κ2) is 13.2. The van der Waals surface area contributed by atoms with E-state index in [0.717, 1.165) is 82.0 Å². The van der Waals surface area contributed by atoms with Crippen molar-refractivity contribution >= 4 is 53.4 Å². The summed E-state index contributed by atoms with van der Waals surface area (Å²) in [6, 6.07) is 56.5. The van der Waals surface area contributed by atoms with Crippen molar-refractivity contribution < 1.29 is 4.42 Å². The van der Waals surface area contributed by atoms with Crippen molar-refractivity contribution in [3.8, 4) is 67.7 Å². The maximum Gasteiger partial charge on any atom is 0.167 e. The van der Waals surface area contributed by atoms with Crippen molar-refractivity contribution in [2.24, 2.45) is 0 Å². The summed E-state index contributed by atoms with van der Waals surface area (Å²) < 4.78 is 8.99. The van der Waals surface area contributed by atoms with Gasteiger partial charge in [-0.15, -0.1) is 11.3 Å². The van der Waals surface area contributed by atoms with Crippen molar-refractivity contribution in [2.45, 2.75) is 0 Å². The molecule has 56 heavy (non-hydrogen) atoms. The third-order valence-electron chi connectivity index (χ3n) is 10.3. The second-order valence-corrected chi connectivity index (χ2v) is 14.8. The number of para-hydroxylation sites is 1. The molecule has 0 N–H and O–H groups in total. The number of nitrogens with zero attached hydrogens (tertiary/aromatic N) is 5. The van der Waals surface area contributed by atoms with E-state index < -0.39 is 0 Å². The zero-order valence-corrected chi connectivity index (χ0v) is 30.6. The Morgan fingerprint density at radius 2 is 1.09 bits per heavy atom. The summed E-state index contributed by atoms with van der Waals surface area (Å²) >= 11 is 1.77. The van der Waals surface area contributed by atoms with Crippen molar-refractivity contribution in [2.75, 3.05) is 0 Å². The summed E-state index contributed by atoms with van der Waals surface area (Å²) in [5.41, 5.74) is 10.4. The Kier molecular flexibility index (Phi) is 7.57. The van der Waals surface area contributed by atoms with E-state index >= 15 is 0 Å². The predicted octanol–water partition coefficient (Wildman–Crippen LogP) is 12.9. The van der Waals surface area contributed by atoms with Crippen molar-refractivity contribution in [3.63, 3.8) is 0 Å². The Balaban J connectivity index is 1.16. The quantitative estimate of drug-likeness (QED) is 0.169. The molecule has 0 aliphatic heterocycles. The molecule has 0 bridgehead atoms. The standard InChI is InChI=1S/C49H29N5OS/c1-4-11-30(12-5-1)33-19-22-41-38(27-33)35-17-10-18-37(46(35)55-41)49-53-47(32-15-8-3-9-16-32)52-48(54-49)36-21-24-43-45(44(36)40-25-26-50-29-51-40)39-28-34(20-23-42(39)56-43)31-13-6-2-7-14-31/h1-29H. The zero-order valence-electron chi connectivity index (χ0n) is 29.8. The molecule has 6 nitrogen and oxygen atoms in total. The van der Waals surface area contributed by atoms with Gasteiger partial charge in [0.05, 0.1) is 11.3 Å². The number of rotatable bonds is 6. The summed E-state index contributed by atoms with van der Waals surface area (Å²) in [6.45, 7) is 0. The first-order chi connectivity index (χ1) is 27.7. The van der Waals surface area contributed by atoms with Crippen LogP contribution in [0.3, 0.4) is 0 Å². The molecule has 4 heterocycles. The van der Waals surface area contributed by atoms with Gasteiger partial charge in [0.1, 0.15) is 17.5 Å². The molecule has 0 aliphatic carbocycles. The topological polar surface area (TPSA) is 77.6 Å². The Morgan fingerprint density at radius 3 is 1.80 bits per heavy atom. The number of hydrogen-bond donors (Lipinski definition) is 0. The SMILES string of the molecule is c1ccc(-c2ccc3oc4c(-c5nc(-c6ccccc6)nc(-c6ccc7sc8ccc(-c9ccccc9)cc8c7c6-c6ccncn6)n5)cccc4c3c2)cc1. The largest absolute Gasteiger partial charge is 0.455 e. The van der Waals surface area contributed by atoms with Gasteiger partial charge in [-0.05, 0) is 70.8 Å². The van der Waals surface area contributed by atoms with Crippen LogP contribution in [0, 0.1) is 0 Å². The Morgan fingerprint density at radius 1 is 0.446 bits per heavy atom. The highest BCUT2D eigenvalue weighted by Gasteiger charge is 2.23. The highest BCUT2D eigenvalue weighted by atomic mass is 32.1.